The number of thioether (sulfide) groups is 1. The van der Waals surface area contributed by atoms with Gasteiger partial charge in [0.1, 0.15) is 0 Å². The zero-order chi connectivity index (χ0) is 14.5. The number of piperidine rings is 1. The summed E-state index contributed by atoms with van der Waals surface area (Å²) in [5, 5.41) is 8.84. The molecule has 0 radical (unpaired) electrons. The number of halogens is 3. The molecule has 1 amide bonds. The molecule has 0 bridgehead atoms. The Morgan fingerprint density at radius 3 is 2.79 bits per heavy atom. The van der Waals surface area contributed by atoms with Crippen molar-refractivity contribution in [3.63, 3.8) is 0 Å². The second-order valence-corrected chi connectivity index (χ2v) is 6.05. The topological polar surface area (TPSA) is 40.5 Å². The maximum absolute atomic E-state index is 12.6. The quantitative estimate of drug-likeness (QED) is 0.845. The number of aliphatic hydroxyl groups is 1. The van der Waals surface area contributed by atoms with E-state index in [1.807, 2.05) is 6.92 Å². The fraction of sp³-hybridized carbons (Fsp3) is 0.917. The third-order valence-electron chi connectivity index (χ3n) is 3.18. The van der Waals surface area contributed by atoms with Crippen molar-refractivity contribution in [1.82, 2.24) is 4.90 Å². The molecule has 1 fully saturated rings. The van der Waals surface area contributed by atoms with E-state index in [0.717, 1.165) is 0 Å². The van der Waals surface area contributed by atoms with Gasteiger partial charge in [0.25, 0.3) is 0 Å². The van der Waals surface area contributed by atoms with Crippen molar-refractivity contribution in [2.24, 2.45) is 11.8 Å². The fourth-order valence-corrected chi connectivity index (χ4v) is 2.95. The lowest BCUT2D eigenvalue weighted by Gasteiger charge is -2.33. The van der Waals surface area contributed by atoms with Crippen LogP contribution >= 0.6 is 11.8 Å². The smallest absolute Gasteiger partial charge is 0.393 e. The van der Waals surface area contributed by atoms with Crippen LogP contribution in [0.25, 0.3) is 0 Å². The maximum Gasteiger partial charge on any atom is 0.393 e. The Bertz CT molecular complexity index is 299. The highest BCUT2D eigenvalue weighted by molar-refractivity contribution is 7.99. The van der Waals surface area contributed by atoms with E-state index in [2.05, 4.69) is 0 Å². The third-order valence-corrected chi connectivity index (χ3v) is 4.43. The Hall–Kier alpha value is -0.430. The first kappa shape index (κ1) is 16.6. The van der Waals surface area contributed by atoms with Gasteiger partial charge in [-0.05, 0) is 24.5 Å². The zero-order valence-electron chi connectivity index (χ0n) is 10.9. The molecule has 0 aromatic carbocycles. The number of hydrogen-bond acceptors (Lipinski definition) is 3. The number of rotatable bonds is 5. The number of nitrogens with zero attached hydrogens (tertiary/aromatic N) is 1. The minimum absolute atomic E-state index is 0.0566. The molecule has 1 aliphatic heterocycles. The van der Waals surface area contributed by atoms with Crippen molar-refractivity contribution < 1.29 is 23.1 Å². The van der Waals surface area contributed by atoms with E-state index in [1.54, 1.807) is 0 Å². The molecule has 1 rings (SSSR count). The van der Waals surface area contributed by atoms with Crippen molar-refractivity contribution in [3.8, 4) is 0 Å². The zero-order valence-corrected chi connectivity index (χ0v) is 11.8. The summed E-state index contributed by atoms with van der Waals surface area (Å²) in [4.78, 5) is 13.1. The van der Waals surface area contributed by atoms with Gasteiger partial charge in [0, 0.05) is 19.7 Å². The van der Waals surface area contributed by atoms with Crippen LogP contribution in [-0.2, 0) is 4.79 Å². The van der Waals surface area contributed by atoms with Crippen LogP contribution in [0.3, 0.4) is 0 Å². The Labute approximate surface area is 115 Å². The van der Waals surface area contributed by atoms with Crippen molar-refractivity contribution in [2.45, 2.75) is 25.9 Å². The first-order valence-electron chi connectivity index (χ1n) is 6.37. The molecule has 112 valence electrons. The van der Waals surface area contributed by atoms with Crippen LogP contribution in [0.15, 0.2) is 0 Å². The van der Waals surface area contributed by atoms with Crippen molar-refractivity contribution in [1.29, 1.82) is 0 Å². The molecule has 1 N–H and O–H groups in total. The lowest BCUT2D eigenvalue weighted by atomic mass is 9.97. The second-order valence-electron chi connectivity index (χ2n) is 5.02. The Morgan fingerprint density at radius 2 is 2.21 bits per heavy atom. The minimum atomic E-state index is -4.21. The summed E-state index contributed by atoms with van der Waals surface area (Å²) in [6, 6.07) is 0. The second kappa shape index (κ2) is 7.38. The first-order valence-corrected chi connectivity index (χ1v) is 7.53. The normalized spacial score (nSPS) is 22.4. The third kappa shape index (κ3) is 5.60. The summed E-state index contributed by atoms with van der Waals surface area (Å²) < 4.78 is 37.8. The molecule has 1 saturated heterocycles. The summed E-state index contributed by atoms with van der Waals surface area (Å²) in [7, 11) is 0. The van der Waals surface area contributed by atoms with Gasteiger partial charge in [0.15, 0.2) is 0 Å². The van der Waals surface area contributed by atoms with E-state index < -0.39 is 12.1 Å². The van der Waals surface area contributed by atoms with Crippen LogP contribution in [0.1, 0.15) is 19.8 Å². The van der Waals surface area contributed by atoms with E-state index >= 15 is 0 Å². The standard InChI is InChI=1S/C12H20F3NO2S/c1-9(6-17)7-19-8-11(18)16-4-2-3-10(5-16)12(13,14)15/h9-10,17H,2-8H2,1H3. The predicted octanol–water partition coefficient (Wildman–Crippen LogP) is 2.15. The highest BCUT2D eigenvalue weighted by Gasteiger charge is 2.42. The van der Waals surface area contributed by atoms with Crippen LogP contribution in [0.5, 0.6) is 0 Å². The number of amides is 1. The molecule has 1 heterocycles. The Balaban J connectivity index is 2.36. The lowest BCUT2D eigenvalue weighted by molar-refractivity contribution is -0.187. The van der Waals surface area contributed by atoms with Crippen LogP contribution in [0.2, 0.25) is 0 Å². The van der Waals surface area contributed by atoms with Crippen LogP contribution < -0.4 is 0 Å². The summed E-state index contributed by atoms with van der Waals surface area (Å²) in [5.41, 5.74) is 0. The number of alkyl halides is 3. The number of likely N-dealkylation sites (tertiary alicyclic amines) is 1. The fourth-order valence-electron chi connectivity index (χ4n) is 1.96. The Kier molecular flexibility index (Phi) is 6.46. The van der Waals surface area contributed by atoms with Gasteiger partial charge in [-0.1, -0.05) is 6.92 Å². The minimum Gasteiger partial charge on any atom is -0.396 e. The molecule has 3 nitrogen and oxygen atoms in total. The summed E-state index contributed by atoms with van der Waals surface area (Å²) in [6.07, 6.45) is -3.69. The molecule has 0 aromatic heterocycles. The van der Waals surface area contributed by atoms with Gasteiger partial charge in [-0.3, -0.25) is 4.79 Å². The van der Waals surface area contributed by atoms with E-state index in [0.29, 0.717) is 18.7 Å². The van der Waals surface area contributed by atoms with Crippen LogP contribution in [-0.4, -0.2) is 53.3 Å². The molecule has 0 spiro atoms. The monoisotopic (exact) mass is 299 g/mol. The molecule has 0 aliphatic carbocycles. The van der Waals surface area contributed by atoms with Gasteiger partial charge >= 0.3 is 6.18 Å². The van der Waals surface area contributed by atoms with Gasteiger partial charge in [-0.25, -0.2) is 0 Å². The highest BCUT2D eigenvalue weighted by Crippen LogP contribution is 2.33. The lowest BCUT2D eigenvalue weighted by Crippen LogP contribution is -2.45. The SMILES string of the molecule is CC(CO)CSCC(=O)N1CCCC(C(F)(F)F)C1. The largest absolute Gasteiger partial charge is 0.396 e. The van der Waals surface area contributed by atoms with E-state index in [9.17, 15) is 18.0 Å². The van der Waals surface area contributed by atoms with Crippen molar-refractivity contribution >= 4 is 17.7 Å². The van der Waals surface area contributed by atoms with Crippen LogP contribution in [0, 0.1) is 11.8 Å². The predicted molar refractivity (Wildman–Crippen MR) is 68.9 cm³/mol. The van der Waals surface area contributed by atoms with Crippen molar-refractivity contribution in [3.05, 3.63) is 0 Å². The molecule has 0 saturated carbocycles. The molecule has 2 unspecified atom stereocenters. The molecule has 19 heavy (non-hydrogen) atoms. The molecular formula is C12H20F3NO2S. The molecule has 7 heteroatoms. The number of aliphatic hydroxyl groups excluding tert-OH is 1. The van der Waals surface area contributed by atoms with E-state index in [1.165, 1.54) is 16.7 Å². The van der Waals surface area contributed by atoms with E-state index in [4.69, 9.17) is 5.11 Å². The van der Waals surface area contributed by atoms with E-state index in [-0.39, 0.29) is 37.2 Å². The van der Waals surface area contributed by atoms with Gasteiger partial charge in [0.2, 0.25) is 5.91 Å². The molecular weight excluding hydrogens is 279 g/mol. The number of carbonyl (C=O) groups is 1. The highest BCUT2D eigenvalue weighted by atomic mass is 32.2. The molecule has 0 aromatic rings. The summed E-state index contributed by atoms with van der Waals surface area (Å²) >= 11 is 1.36. The number of carbonyl (C=O) groups excluding carboxylic acids is 1. The average molecular weight is 299 g/mol. The average Bonchev–Trinajstić information content (AvgIpc) is 2.37. The summed E-state index contributed by atoms with van der Waals surface area (Å²) in [6.45, 7) is 2.12. The maximum atomic E-state index is 12.6. The summed E-state index contributed by atoms with van der Waals surface area (Å²) in [5.74, 6) is -0.689. The molecule has 2 atom stereocenters. The Morgan fingerprint density at radius 1 is 1.53 bits per heavy atom. The van der Waals surface area contributed by atoms with Crippen molar-refractivity contribution in [2.75, 3.05) is 31.2 Å². The van der Waals surface area contributed by atoms with Gasteiger partial charge in [0.05, 0.1) is 11.7 Å². The van der Waals surface area contributed by atoms with Gasteiger partial charge in [-0.2, -0.15) is 24.9 Å². The molecule has 1 aliphatic rings. The van der Waals surface area contributed by atoms with Crippen LogP contribution in [0.4, 0.5) is 13.2 Å². The number of hydrogen-bond donors (Lipinski definition) is 1. The first-order chi connectivity index (χ1) is 8.84. The van der Waals surface area contributed by atoms with Gasteiger partial charge in [-0.15, -0.1) is 0 Å². The van der Waals surface area contributed by atoms with Gasteiger partial charge < -0.3 is 10.0 Å².